The van der Waals surface area contributed by atoms with Crippen molar-refractivity contribution in [2.45, 2.75) is 0 Å². The average Bonchev–Trinajstić information content (AvgIpc) is 2.87. The van der Waals surface area contributed by atoms with Crippen molar-refractivity contribution in [2.24, 2.45) is 0 Å². The first-order valence-corrected chi connectivity index (χ1v) is 6.40. The van der Waals surface area contributed by atoms with Gasteiger partial charge in [-0.2, -0.15) is 0 Å². The molecule has 104 valence electrons. The summed E-state index contributed by atoms with van der Waals surface area (Å²) >= 11 is 1.09. The normalized spacial score (nSPS) is 10.1. The molecule has 0 fully saturated rings. The Balaban J connectivity index is 2.28. The highest BCUT2D eigenvalue weighted by Crippen LogP contribution is 2.27. The number of carboxylic acid groups (broad SMARTS) is 1. The molecule has 20 heavy (non-hydrogen) atoms. The number of thiophene rings is 1. The van der Waals surface area contributed by atoms with E-state index in [1.807, 2.05) is 0 Å². The average molecular weight is 293 g/mol. The van der Waals surface area contributed by atoms with Crippen LogP contribution in [0.1, 0.15) is 20.7 Å². The smallest absolute Gasteiger partial charge is 0.338 e. The van der Waals surface area contributed by atoms with Gasteiger partial charge in [0.25, 0.3) is 5.91 Å². The van der Waals surface area contributed by atoms with E-state index in [2.05, 4.69) is 5.32 Å². The molecule has 3 N–H and O–H groups in total. The van der Waals surface area contributed by atoms with Crippen molar-refractivity contribution in [3.8, 4) is 11.5 Å². The Morgan fingerprint density at radius 2 is 2.00 bits per heavy atom. The maximum Gasteiger partial charge on any atom is 0.338 e. The van der Waals surface area contributed by atoms with Crippen molar-refractivity contribution in [1.82, 2.24) is 0 Å². The van der Waals surface area contributed by atoms with Crippen molar-refractivity contribution in [2.75, 3.05) is 12.4 Å². The van der Waals surface area contributed by atoms with E-state index in [4.69, 9.17) is 9.84 Å². The van der Waals surface area contributed by atoms with Gasteiger partial charge in [0.05, 0.1) is 18.2 Å². The molecule has 1 aromatic heterocycles. The summed E-state index contributed by atoms with van der Waals surface area (Å²) in [4.78, 5) is 23.0. The molecule has 0 aliphatic rings. The first kappa shape index (κ1) is 13.9. The van der Waals surface area contributed by atoms with Gasteiger partial charge >= 0.3 is 5.97 Å². The molecule has 0 unspecified atom stereocenters. The number of amides is 1. The van der Waals surface area contributed by atoms with E-state index in [0.717, 1.165) is 11.3 Å². The van der Waals surface area contributed by atoms with E-state index < -0.39 is 11.9 Å². The van der Waals surface area contributed by atoms with Crippen LogP contribution in [0.4, 0.5) is 5.00 Å². The number of phenols is 1. The van der Waals surface area contributed by atoms with E-state index in [0.29, 0.717) is 5.75 Å². The molecule has 0 spiro atoms. The molecule has 2 aromatic rings. The number of nitrogens with one attached hydrogen (secondary N) is 1. The summed E-state index contributed by atoms with van der Waals surface area (Å²) in [5.41, 5.74) is 0.0137. The van der Waals surface area contributed by atoms with Gasteiger partial charge in [0.2, 0.25) is 0 Å². The van der Waals surface area contributed by atoms with Crippen LogP contribution in [0.3, 0.4) is 0 Å². The molecular weight excluding hydrogens is 282 g/mol. The summed E-state index contributed by atoms with van der Waals surface area (Å²) in [6.07, 6.45) is 0. The third-order valence-electron chi connectivity index (χ3n) is 2.57. The number of carboxylic acids is 1. The zero-order valence-electron chi connectivity index (χ0n) is 10.4. The molecule has 0 bridgehead atoms. The van der Waals surface area contributed by atoms with Gasteiger partial charge in [0, 0.05) is 0 Å². The molecule has 0 atom stereocenters. The van der Waals surface area contributed by atoms with Gasteiger partial charge in [-0.3, -0.25) is 4.79 Å². The van der Waals surface area contributed by atoms with Crippen LogP contribution in [0.5, 0.6) is 11.5 Å². The van der Waals surface area contributed by atoms with E-state index >= 15 is 0 Å². The molecule has 0 aliphatic carbocycles. The molecule has 0 saturated heterocycles. The number of benzene rings is 1. The van der Waals surface area contributed by atoms with E-state index in [1.165, 1.54) is 31.4 Å². The van der Waals surface area contributed by atoms with E-state index in [-0.39, 0.29) is 21.9 Å². The van der Waals surface area contributed by atoms with E-state index in [1.54, 1.807) is 5.38 Å². The fourth-order valence-corrected chi connectivity index (χ4v) is 2.34. The molecule has 0 radical (unpaired) electrons. The lowest BCUT2D eigenvalue weighted by Crippen LogP contribution is -2.13. The Morgan fingerprint density at radius 1 is 1.25 bits per heavy atom. The second kappa shape index (κ2) is 5.62. The monoisotopic (exact) mass is 293 g/mol. The highest BCUT2D eigenvalue weighted by Gasteiger charge is 2.17. The van der Waals surface area contributed by atoms with Gasteiger partial charge < -0.3 is 20.3 Å². The number of aromatic carboxylic acids is 1. The Labute approximate surface area is 118 Å². The maximum atomic E-state index is 12.1. The zero-order chi connectivity index (χ0) is 14.7. The predicted octanol–water partition coefficient (Wildman–Crippen LogP) is 2.41. The molecule has 6 nitrogen and oxygen atoms in total. The number of ether oxygens (including phenoxy) is 1. The van der Waals surface area contributed by atoms with Gasteiger partial charge in [-0.15, -0.1) is 11.3 Å². The lowest BCUT2D eigenvalue weighted by atomic mass is 10.1. The molecule has 7 heteroatoms. The van der Waals surface area contributed by atoms with Crippen LogP contribution < -0.4 is 10.1 Å². The Hall–Kier alpha value is -2.54. The standard InChI is InChI=1S/C13H11NO5S/c1-19-7-2-3-10(15)9(6-7)11(16)14-12-8(13(17)18)4-5-20-12/h2-6,15H,1H3,(H,14,16)(H,17,18). The van der Waals surface area contributed by atoms with Gasteiger partial charge in [-0.25, -0.2) is 4.79 Å². The fourth-order valence-electron chi connectivity index (χ4n) is 1.57. The molecule has 0 aliphatic heterocycles. The van der Waals surface area contributed by atoms with Crippen LogP contribution in [0, 0.1) is 0 Å². The zero-order valence-corrected chi connectivity index (χ0v) is 11.2. The molecule has 1 aromatic carbocycles. The lowest BCUT2D eigenvalue weighted by Gasteiger charge is -2.08. The van der Waals surface area contributed by atoms with Crippen LogP contribution in [0.15, 0.2) is 29.6 Å². The second-order valence-corrected chi connectivity index (χ2v) is 4.72. The number of rotatable bonds is 4. The van der Waals surface area contributed by atoms with Crippen molar-refractivity contribution < 1.29 is 24.5 Å². The molecule has 1 amide bonds. The van der Waals surface area contributed by atoms with Crippen LogP contribution in [-0.2, 0) is 0 Å². The Morgan fingerprint density at radius 3 is 2.65 bits per heavy atom. The summed E-state index contributed by atoms with van der Waals surface area (Å²) in [7, 11) is 1.44. The van der Waals surface area contributed by atoms with Gasteiger partial charge in [0.1, 0.15) is 16.5 Å². The first-order valence-electron chi connectivity index (χ1n) is 5.52. The molecule has 2 rings (SSSR count). The summed E-state index contributed by atoms with van der Waals surface area (Å²) in [5, 5.41) is 22.9. The fraction of sp³-hybridized carbons (Fsp3) is 0.0769. The van der Waals surface area contributed by atoms with Crippen molar-refractivity contribution in [3.63, 3.8) is 0 Å². The van der Waals surface area contributed by atoms with Crippen molar-refractivity contribution in [3.05, 3.63) is 40.8 Å². The minimum absolute atomic E-state index is 0.00531. The summed E-state index contributed by atoms with van der Waals surface area (Å²) in [6, 6.07) is 5.62. The topological polar surface area (TPSA) is 95.9 Å². The first-order chi connectivity index (χ1) is 9.52. The largest absolute Gasteiger partial charge is 0.507 e. The SMILES string of the molecule is COc1ccc(O)c(C(=O)Nc2sccc2C(=O)O)c1. The van der Waals surface area contributed by atoms with Crippen LogP contribution >= 0.6 is 11.3 Å². The quantitative estimate of drug-likeness (QED) is 0.804. The van der Waals surface area contributed by atoms with Crippen LogP contribution in [-0.4, -0.2) is 29.2 Å². The minimum atomic E-state index is -1.13. The van der Waals surface area contributed by atoms with Gasteiger partial charge in [-0.1, -0.05) is 0 Å². The van der Waals surface area contributed by atoms with Gasteiger partial charge in [0.15, 0.2) is 0 Å². The van der Waals surface area contributed by atoms with Crippen LogP contribution in [0.25, 0.3) is 0 Å². The predicted molar refractivity (Wildman–Crippen MR) is 73.9 cm³/mol. The number of hydrogen-bond acceptors (Lipinski definition) is 5. The third-order valence-corrected chi connectivity index (χ3v) is 3.40. The second-order valence-electron chi connectivity index (χ2n) is 3.81. The number of aromatic hydroxyl groups is 1. The van der Waals surface area contributed by atoms with E-state index in [9.17, 15) is 14.7 Å². The number of methoxy groups -OCH3 is 1. The number of phenolic OH excluding ortho intramolecular Hbond substituents is 1. The highest BCUT2D eigenvalue weighted by molar-refractivity contribution is 7.14. The van der Waals surface area contributed by atoms with Gasteiger partial charge in [-0.05, 0) is 29.6 Å². The molecule has 0 saturated carbocycles. The third kappa shape index (κ3) is 2.72. The number of carbonyl (C=O) groups excluding carboxylic acids is 1. The summed E-state index contributed by atoms with van der Waals surface area (Å²) in [5.74, 6) is -1.53. The number of carbonyl (C=O) groups is 2. The molecule has 1 heterocycles. The highest BCUT2D eigenvalue weighted by atomic mass is 32.1. The van der Waals surface area contributed by atoms with Crippen LogP contribution in [0.2, 0.25) is 0 Å². The lowest BCUT2D eigenvalue weighted by molar-refractivity contribution is 0.0698. The Kier molecular flexibility index (Phi) is 3.90. The van der Waals surface area contributed by atoms with Crippen molar-refractivity contribution >= 4 is 28.2 Å². The minimum Gasteiger partial charge on any atom is -0.507 e. The number of hydrogen-bond donors (Lipinski definition) is 3. The Bertz CT molecular complexity index is 665. The number of anilines is 1. The summed E-state index contributed by atoms with van der Waals surface area (Å²) < 4.78 is 4.97. The summed E-state index contributed by atoms with van der Waals surface area (Å²) in [6.45, 7) is 0. The van der Waals surface area contributed by atoms with Crippen molar-refractivity contribution in [1.29, 1.82) is 0 Å². The molecular formula is C13H11NO5S. The maximum absolute atomic E-state index is 12.1.